The monoisotopic (exact) mass is 363 g/mol. The molecule has 0 radical (unpaired) electrons. The van der Waals surface area contributed by atoms with Crippen molar-refractivity contribution in [2.45, 2.75) is 5.37 Å². The number of methoxy groups -OCH3 is 1. The summed E-state index contributed by atoms with van der Waals surface area (Å²) in [6.07, 6.45) is 0. The van der Waals surface area contributed by atoms with E-state index in [1.54, 1.807) is 18.9 Å². The van der Waals surface area contributed by atoms with Crippen LogP contribution in [0.25, 0.3) is 0 Å². The highest BCUT2D eigenvalue weighted by Crippen LogP contribution is 2.42. The Morgan fingerprint density at radius 2 is 1.81 bits per heavy atom. The summed E-state index contributed by atoms with van der Waals surface area (Å²) >= 11 is 5.07. The maximum absolute atomic E-state index is 12.2. The van der Waals surface area contributed by atoms with Crippen LogP contribution in [-0.2, 0) is 4.79 Å². The summed E-state index contributed by atoms with van der Waals surface area (Å²) in [5, 5.41) is 0.0181. The Balaban J connectivity index is 1.93. The van der Waals surface area contributed by atoms with Crippen LogP contribution >= 0.6 is 27.7 Å². The third kappa shape index (κ3) is 2.94. The van der Waals surface area contributed by atoms with Crippen LogP contribution in [0.3, 0.4) is 0 Å². The molecule has 0 bridgehead atoms. The topological polar surface area (TPSA) is 29.5 Å². The van der Waals surface area contributed by atoms with E-state index in [4.69, 9.17) is 4.74 Å². The standard InChI is InChI=1S/C16H14BrNO2S/c1-20-14-8-2-11(3-9-14)16-18(15(19)10-21-16)13-6-4-12(17)5-7-13/h2-9,16H,10H2,1H3. The number of anilines is 1. The molecule has 0 spiro atoms. The fraction of sp³-hybridized carbons (Fsp3) is 0.188. The lowest BCUT2D eigenvalue weighted by Gasteiger charge is -2.24. The molecule has 1 atom stereocenters. The second-order valence-electron chi connectivity index (χ2n) is 4.68. The van der Waals surface area contributed by atoms with E-state index in [0.717, 1.165) is 21.5 Å². The molecule has 0 saturated carbocycles. The van der Waals surface area contributed by atoms with E-state index in [0.29, 0.717) is 5.75 Å². The summed E-state index contributed by atoms with van der Waals surface area (Å²) in [5.74, 6) is 1.47. The van der Waals surface area contributed by atoms with Crippen molar-refractivity contribution in [3.05, 3.63) is 58.6 Å². The predicted molar refractivity (Wildman–Crippen MR) is 89.8 cm³/mol. The van der Waals surface area contributed by atoms with Crippen molar-refractivity contribution >= 4 is 39.3 Å². The molecule has 0 aromatic heterocycles. The SMILES string of the molecule is COc1ccc(C2SCC(=O)N2c2ccc(Br)cc2)cc1. The van der Waals surface area contributed by atoms with Crippen molar-refractivity contribution in [1.82, 2.24) is 0 Å². The van der Waals surface area contributed by atoms with Gasteiger partial charge in [-0.2, -0.15) is 0 Å². The van der Waals surface area contributed by atoms with Gasteiger partial charge in [0.25, 0.3) is 0 Å². The van der Waals surface area contributed by atoms with Crippen LogP contribution in [0.4, 0.5) is 5.69 Å². The first-order valence-corrected chi connectivity index (χ1v) is 8.36. The summed E-state index contributed by atoms with van der Waals surface area (Å²) < 4.78 is 6.19. The summed E-state index contributed by atoms with van der Waals surface area (Å²) in [7, 11) is 1.65. The Hall–Kier alpha value is -1.46. The highest BCUT2D eigenvalue weighted by Gasteiger charge is 2.33. The zero-order valence-corrected chi connectivity index (χ0v) is 13.9. The van der Waals surface area contributed by atoms with Gasteiger partial charge in [-0.05, 0) is 42.0 Å². The maximum atomic E-state index is 12.2. The van der Waals surface area contributed by atoms with Gasteiger partial charge >= 0.3 is 0 Å². The van der Waals surface area contributed by atoms with E-state index >= 15 is 0 Å². The van der Waals surface area contributed by atoms with Gasteiger partial charge < -0.3 is 4.74 Å². The molecule has 1 aliphatic rings. The molecule has 5 heteroatoms. The lowest BCUT2D eigenvalue weighted by atomic mass is 10.2. The number of carbonyl (C=O) groups is 1. The van der Waals surface area contributed by atoms with Crippen LogP contribution in [0, 0.1) is 0 Å². The molecule has 1 fully saturated rings. The fourth-order valence-corrected chi connectivity index (χ4v) is 3.76. The minimum Gasteiger partial charge on any atom is -0.497 e. The molecule has 0 aliphatic carbocycles. The average Bonchev–Trinajstić information content (AvgIpc) is 2.90. The molecular weight excluding hydrogens is 350 g/mol. The average molecular weight is 364 g/mol. The molecule has 1 heterocycles. The van der Waals surface area contributed by atoms with Gasteiger partial charge in [0, 0.05) is 10.2 Å². The van der Waals surface area contributed by atoms with Crippen LogP contribution in [-0.4, -0.2) is 18.8 Å². The van der Waals surface area contributed by atoms with E-state index < -0.39 is 0 Å². The van der Waals surface area contributed by atoms with E-state index in [2.05, 4.69) is 15.9 Å². The number of thioether (sulfide) groups is 1. The van der Waals surface area contributed by atoms with Gasteiger partial charge in [0.1, 0.15) is 11.1 Å². The Morgan fingerprint density at radius 3 is 2.43 bits per heavy atom. The van der Waals surface area contributed by atoms with Crippen molar-refractivity contribution in [3.8, 4) is 5.75 Å². The Bertz CT molecular complexity index is 642. The van der Waals surface area contributed by atoms with Gasteiger partial charge in [-0.15, -0.1) is 11.8 Å². The minimum absolute atomic E-state index is 0.0181. The first kappa shape index (κ1) is 14.5. The minimum atomic E-state index is 0.0181. The molecule has 21 heavy (non-hydrogen) atoms. The van der Waals surface area contributed by atoms with Gasteiger partial charge in [-0.3, -0.25) is 9.69 Å². The molecule has 1 amide bonds. The summed E-state index contributed by atoms with van der Waals surface area (Å²) in [6.45, 7) is 0. The molecular formula is C16H14BrNO2S. The predicted octanol–water partition coefficient (Wildman–Crippen LogP) is 4.24. The largest absolute Gasteiger partial charge is 0.497 e. The highest BCUT2D eigenvalue weighted by molar-refractivity contribution is 9.10. The molecule has 1 aliphatic heterocycles. The van der Waals surface area contributed by atoms with Crippen molar-refractivity contribution < 1.29 is 9.53 Å². The number of halogens is 1. The second kappa shape index (κ2) is 6.12. The van der Waals surface area contributed by atoms with E-state index in [-0.39, 0.29) is 11.3 Å². The lowest BCUT2D eigenvalue weighted by Crippen LogP contribution is -2.27. The van der Waals surface area contributed by atoms with Gasteiger partial charge in [0.15, 0.2) is 0 Å². The third-order valence-electron chi connectivity index (χ3n) is 3.37. The van der Waals surface area contributed by atoms with E-state index in [1.807, 2.05) is 53.4 Å². The Kier molecular flexibility index (Phi) is 4.22. The van der Waals surface area contributed by atoms with E-state index in [9.17, 15) is 4.79 Å². The highest BCUT2D eigenvalue weighted by atomic mass is 79.9. The maximum Gasteiger partial charge on any atom is 0.238 e. The zero-order chi connectivity index (χ0) is 14.8. The first-order valence-electron chi connectivity index (χ1n) is 6.52. The fourth-order valence-electron chi connectivity index (χ4n) is 2.32. The smallest absolute Gasteiger partial charge is 0.238 e. The number of amides is 1. The number of rotatable bonds is 3. The van der Waals surface area contributed by atoms with Crippen molar-refractivity contribution in [2.24, 2.45) is 0 Å². The van der Waals surface area contributed by atoms with Crippen molar-refractivity contribution in [1.29, 1.82) is 0 Å². The van der Waals surface area contributed by atoms with Gasteiger partial charge in [0.2, 0.25) is 5.91 Å². The third-order valence-corrected chi connectivity index (χ3v) is 5.11. The van der Waals surface area contributed by atoms with Crippen LogP contribution < -0.4 is 9.64 Å². The first-order chi connectivity index (χ1) is 10.2. The number of nitrogens with zero attached hydrogens (tertiary/aromatic N) is 1. The van der Waals surface area contributed by atoms with Crippen LogP contribution in [0.5, 0.6) is 5.75 Å². The van der Waals surface area contributed by atoms with Gasteiger partial charge in [0.05, 0.1) is 12.9 Å². The van der Waals surface area contributed by atoms with Gasteiger partial charge in [-0.25, -0.2) is 0 Å². The Labute approximate surface area is 136 Å². The van der Waals surface area contributed by atoms with Crippen molar-refractivity contribution in [3.63, 3.8) is 0 Å². The molecule has 1 unspecified atom stereocenters. The second-order valence-corrected chi connectivity index (χ2v) is 6.66. The molecule has 1 saturated heterocycles. The molecule has 108 valence electrons. The number of hydrogen-bond acceptors (Lipinski definition) is 3. The summed E-state index contributed by atoms with van der Waals surface area (Å²) in [5.41, 5.74) is 2.03. The quantitative estimate of drug-likeness (QED) is 0.816. The van der Waals surface area contributed by atoms with Crippen LogP contribution in [0.1, 0.15) is 10.9 Å². The van der Waals surface area contributed by atoms with Crippen LogP contribution in [0.2, 0.25) is 0 Å². The normalized spacial score (nSPS) is 18.1. The Morgan fingerprint density at radius 1 is 1.14 bits per heavy atom. The lowest BCUT2D eigenvalue weighted by molar-refractivity contribution is -0.115. The van der Waals surface area contributed by atoms with E-state index in [1.165, 1.54) is 0 Å². The molecule has 3 rings (SSSR count). The van der Waals surface area contributed by atoms with Gasteiger partial charge in [-0.1, -0.05) is 28.1 Å². The molecule has 0 N–H and O–H groups in total. The number of benzene rings is 2. The molecule has 3 nitrogen and oxygen atoms in total. The number of carbonyl (C=O) groups excluding carboxylic acids is 1. The molecule has 2 aromatic rings. The summed E-state index contributed by atoms with van der Waals surface area (Å²) in [6, 6.07) is 15.7. The number of ether oxygens (including phenoxy) is 1. The summed E-state index contributed by atoms with van der Waals surface area (Å²) in [4.78, 5) is 14.1. The van der Waals surface area contributed by atoms with Crippen LogP contribution in [0.15, 0.2) is 53.0 Å². The zero-order valence-electron chi connectivity index (χ0n) is 11.5. The molecule has 2 aromatic carbocycles. The van der Waals surface area contributed by atoms with Crippen molar-refractivity contribution in [2.75, 3.05) is 17.8 Å². The number of hydrogen-bond donors (Lipinski definition) is 0.